The van der Waals surface area contributed by atoms with Crippen molar-refractivity contribution in [1.29, 1.82) is 0 Å². The molecule has 2 aromatic rings. The molecule has 1 aliphatic heterocycles. The standard InChI is InChI=1S/C16H17NO/c1-2-4-14(5-3-1)15-8-6-13(7-9-15)10-17-16-11-18-12-16/h1-9,16-17H,10-12H2. The smallest absolute Gasteiger partial charge is 0.0643 e. The van der Waals surface area contributed by atoms with Crippen molar-refractivity contribution in [3.05, 3.63) is 60.2 Å². The molecule has 0 spiro atoms. The second kappa shape index (κ2) is 5.34. The van der Waals surface area contributed by atoms with E-state index >= 15 is 0 Å². The summed E-state index contributed by atoms with van der Waals surface area (Å²) in [6.07, 6.45) is 0. The maximum atomic E-state index is 5.14. The third-order valence-electron chi connectivity index (χ3n) is 3.29. The van der Waals surface area contributed by atoms with Gasteiger partial charge in [0.15, 0.2) is 0 Å². The highest BCUT2D eigenvalue weighted by atomic mass is 16.5. The fraction of sp³-hybridized carbons (Fsp3) is 0.250. The predicted octanol–water partition coefficient (Wildman–Crippen LogP) is 2.84. The molecule has 1 fully saturated rings. The van der Waals surface area contributed by atoms with Gasteiger partial charge >= 0.3 is 0 Å². The van der Waals surface area contributed by atoms with Crippen LogP contribution in [0.25, 0.3) is 11.1 Å². The van der Waals surface area contributed by atoms with Crippen molar-refractivity contribution >= 4 is 0 Å². The van der Waals surface area contributed by atoms with E-state index in [4.69, 9.17) is 4.74 Å². The number of ether oxygens (including phenoxy) is 1. The van der Waals surface area contributed by atoms with E-state index in [1.807, 2.05) is 6.07 Å². The van der Waals surface area contributed by atoms with E-state index in [1.54, 1.807) is 0 Å². The van der Waals surface area contributed by atoms with Crippen LogP contribution in [0.15, 0.2) is 54.6 Å². The Kier molecular flexibility index (Phi) is 3.40. The zero-order chi connectivity index (χ0) is 12.2. The Morgan fingerprint density at radius 1 is 0.889 bits per heavy atom. The van der Waals surface area contributed by atoms with Gasteiger partial charge in [-0.15, -0.1) is 0 Å². The van der Waals surface area contributed by atoms with E-state index < -0.39 is 0 Å². The van der Waals surface area contributed by atoms with Crippen LogP contribution in [0.1, 0.15) is 5.56 Å². The molecule has 2 aromatic carbocycles. The van der Waals surface area contributed by atoms with Crippen molar-refractivity contribution in [3.8, 4) is 11.1 Å². The molecule has 3 rings (SSSR count). The Morgan fingerprint density at radius 3 is 2.17 bits per heavy atom. The van der Waals surface area contributed by atoms with Crippen LogP contribution in [-0.2, 0) is 11.3 Å². The summed E-state index contributed by atoms with van der Waals surface area (Å²) < 4.78 is 5.14. The minimum Gasteiger partial charge on any atom is -0.378 e. The first-order chi connectivity index (χ1) is 8.92. The SMILES string of the molecule is c1ccc(-c2ccc(CNC3COC3)cc2)cc1. The first-order valence-corrected chi connectivity index (χ1v) is 6.37. The summed E-state index contributed by atoms with van der Waals surface area (Å²) in [6, 6.07) is 19.7. The molecule has 0 saturated carbocycles. The minimum absolute atomic E-state index is 0.541. The van der Waals surface area contributed by atoms with Crippen LogP contribution in [0.5, 0.6) is 0 Å². The average molecular weight is 239 g/mol. The van der Waals surface area contributed by atoms with E-state index in [-0.39, 0.29) is 0 Å². The van der Waals surface area contributed by atoms with Crippen LogP contribution in [0.3, 0.4) is 0 Å². The topological polar surface area (TPSA) is 21.3 Å². The highest BCUT2D eigenvalue weighted by molar-refractivity contribution is 5.63. The summed E-state index contributed by atoms with van der Waals surface area (Å²) >= 11 is 0. The molecule has 1 heterocycles. The number of benzene rings is 2. The second-order valence-electron chi connectivity index (χ2n) is 4.68. The maximum Gasteiger partial charge on any atom is 0.0643 e. The maximum absolute atomic E-state index is 5.14. The molecule has 1 N–H and O–H groups in total. The molecule has 0 aromatic heterocycles. The second-order valence-corrected chi connectivity index (χ2v) is 4.68. The zero-order valence-corrected chi connectivity index (χ0v) is 10.3. The molecule has 0 amide bonds. The molecule has 1 saturated heterocycles. The molecule has 1 aliphatic rings. The fourth-order valence-electron chi connectivity index (χ4n) is 2.06. The Balaban J connectivity index is 1.65. The summed E-state index contributed by atoms with van der Waals surface area (Å²) in [5.74, 6) is 0. The quantitative estimate of drug-likeness (QED) is 0.885. The van der Waals surface area contributed by atoms with Crippen molar-refractivity contribution in [2.24, 2.45) is 0 Å². The molecule has 2 heteroatoms. The van der Waals surface area contributed by atoms with Gasteiger partial charge in [-0.1, -0.05) is 54.6 Å². The molecular weight excluding hydrogens is 222 g/mol. The fourth-order valence-corrected chi connectivity index (χ4v) is 2.06. The van der Waals surface area contributed by atoms with Gasteiger partial charge in [0.1, 0.15) is 0 Å². The van der Waals surface area contributed by atoms with Gasteiger partial charge in [-0.25, -0.2) is 0 Å². The van der Waals surface area contributed by atoms with Crippen molar-refractivity contribution in [3.63, 3.8) is 0 Å². The number of nitrogens with one attached hydrogen (secondary N) is 1. The van der Waals surface area contributed by atoms with Gasteiger partial charge < -0.3 is 10.1 Å². The molecule has 0 bridgehead atoms. The Morgan fingerprint density at radius 2 is 1.56 bits per heavy atom. The number of hydrogen-bond acceptors (Lipinski definition) is 2. The van der Waals surface area contributed by atoms with Crippen molar-refractivity contribution < 1.29 is 4.74 Å². The van der Waals surface area contributed by atoms with Gasteiger partial charge in [-0.3, -0.25) is 0 Å². The Labute approximate surface area is 108 Å². The third kappa shape index (κ3) is 2.61. The van der Waals surface area contributed by atoms with Gasteiger partial charge in [-0.05, 0) is 16.7 Å². The van der Waals surface area contributed by atoms with Crippen molar-refractivity contribution in [2.45, 2.75) is 12.6 Å². The number of rotatable bonds is 4. The van der Waals surface area contributed by atoms with Crippen LogP contribution in [0.2, 0.25) is 0 Å². The Hall–Kier alpha value is -1.64. The number of hydrogen-bond donors (Lipinski definition) is 1. The largest absolute Gasteiger partial charge is 0.378 e. The van der Waals surface area contributed by atoms with E-state index in [0.717, 1.165) is 19.8 Å². The summed E-state index contributed by atoms with van der Waals surface area (Å²) in [7, 11) is 0. The average Bonchev–Trinajstić information content (AvgIpc) is 2.39. The van der Waals surface area contributed by atoms with Crippen LogP contribution in [0.4, 0.5) is 0 Å². The molecule has 18 heavy (non-hydrogen) atoms. The summed E-state index contributed by atoms with van der Waals surface area (Å²) in [5.41, 5.74) is 3.86. The Bertz CT molecular complexity index is 488. The lowest BCUT2D eigenvalue weighted by Crippen LogP contribution is -2.45. The molecule has 0 unspecified atom stereocenters. The molecule has 0 radical (unpaired) electrons. The predicted molar refractivity (Wildman–Crippen MR) is 73.3 cm³/mol. The summed E-state index contributed by atoms with van der Waals surface area (Å²) in [6.45, 7) is 2.62. The van der Waals surface area contributed by atoms with Gasteiger partial charge in [-0.2, -0.15) is 0 Å². The van der Waals surface area contributed by atoms with Gasteiger partial charge in [0.05, 0.1) is 19.3 Å². The molecule has 0 aliphatic carbocycles. The lowest BCUT2D eigenvalue weighted by atomic mass is 10.0. The summed E-state index contributed by atoms with van der Waals surface area (Å²) in [5, 5.41) is 3.47. The first kappa shape index (κ1) is 11.5. The van der Waals surface area contributed by atoms with Crippen LogP contribution < -0.4 is 5.32 Å². The lowest BCUT2D eigenvalue weighted by molar-refractivity contribution is -0.00578. The molecule has 2 nitrogen and oxygen atoms in total. The van der Waals surface area contributed by atoms with Crippen molar-refractivity contribution in [2.75, 3.05) is 13.2 Å². The zero-order valence-electron chi connectivity index (χ0n) is 10.3. The monoisotopic (exact) mass is 239 g/mol. The lowest BCUT2D eigenvalue weighted by Gasteiger charge is -2.27. The summed E-state index contributed by atoms with van der Waals surface area (Å²) in [4.78, 5) is 0. The van der Waals surface area contributed by atoms with Gasteiger partial charge in [0.2, 0.25) is 0 Å². The van der Waals surface area contributed by atoms with E-state index in [9.17, 15) is 0 Å². The molecule has 0 atom stereocenters. The normalized spacial score (nSPS) is 15.3. The minimum atomic E-state index is 0.541. The van der Waals surface area contributed by atoms with Crippen LogP contribution in [0, 0.1) is 0 Å². The van der Waals surface area contributed by atoms with Gasteiger partial charge in [0.25, 0.3) is 0 Å². The highest BCUT2D eigenvalue weighted by Crippen LogP contribution is 2.19. The molecule has 92 valence electrons. The van der Waals surface area contributed by atoms with E-state index in [2.05, 4.69) is 53.8 Å². The van der Waals surface area contributed by atoms with E-state index in [0.29, 0.717) is 6.04 Å². The molecular formula is C16H17NO. The third-order valence-corrected chi connectivity index (χ3v) is 3.29. The van der Waals surface area contributed by atoms with Gasteiger partial charge in [0, 0.05) is 6.54 Å². The first-order valence-electron chi connectivity index (χ1n) is 6.37. The van der Waals surface area contributed by atoms with Crippen LogP contribution in [-0.4, -0.2) is 19.3 Å². The van der Waals surface area contributed by atoms with Crippen LogP contribution >= 0.6 is 0 Å². The van der Waals surface area contributed by atoms with E-state index in [1.165, 1.54) is 16.7 Å². The van der Waals surface area contributed by atoms with Crippen molar-refractivity contribution in [1.82, 2.24) is 5.32 Å². The highest BCUT2D eigenvalue weighted by Gasteiger charge is 2.16.